The maximum absolute atomic E-state index is 12.0. The molecule has 0 bridgehead atoms. The van der Waals surface area contributed by atoms with Gasteiger partial charge >= 0.3 is 16.5 Å². The quantitative estimate of drug-likeness (QED) is 0.0276. The van der Waals surface area contributed by atoms with E-state index in [0.717, 1.165) is 61.0 Å². The molecule has 404 valence electrons. The Labute approximate surface area is 449 Å². The first-order valence-corrected chi connectivity index (χ1v) is 30.3. The summed E-state index contributed by atoms with van der Waals surface area (Å²) in [5, 5.41) is 0. The van der Waals surface area contributed by atoms with Gasteiger partial charge < -0.3 is 19.4 Å². The van der Waals surface area contributed by atoms with Crippen molar-refractivity contribution in [2.24, 2.45) is 0 Å². The van der Waals surface area contributed by atoms with Crippen molar-refractivity contribution < 1.29 is 21.2 Å². The number of hydrogen-bond donors (Lipinski definition) is 0. The van der Waals surface area contributed by atoms with Crippen LogP contribution in [0.15, 0.2) is 35.4 Å². The zero-order chi connectivity index (χ0) is 50.9. The van der Waals surface area contributed by atoms with Gasteiger partial charge in [-0.25, -0.2) is 4.70 Å². The number of hydrogen-bond acceptors (Lipinski definition) is 0. The Kier molecular flexibility index (Phi) is 44.3. The first kappa shape index (κ1) is 68.0. The Hall–Kier alpha value is -1.99. The van der Waals surface area contributed by atoms with Gasteiger partial charge in [0.25, 0.3) is 0 Å². The van der Waals surface area contributed by atoms with Crippen LogP contribution in [0.5, 0.6) is 0 Å². The van der Waals surface area contributed by atoms with Gasteiger partial charge in [-0.3, -0.25) is 0 Å². The van der Waals surface area contributed by atoms with Crippen molar-refractivity contribution in [3.05, 3.63) is 99.3 Å². The Morgan fingerprint density at radius 1 is 0.343 bits per heavy atom. The summed E-state index contributed by atoms with van der Waals surface area (Å²) < 4.78 is 1.55. The molecule has 0 aromatic heterocycles. The van der Waals surface area contributed by atoms with Crippen molar-refractivity contribution >= 4 is 11.4 Å². The van der Waals surface area contributed by atoms with E-state index in [9.17, 15) is 5.53 Å². The summed E-state index contributed by atoms with van der Waals surface area (Å²) in [4.78, 5) is 0. The Bertz CT molecular complexity index is 1570. The second-order valence-electron chi connectivity index (χ2n) is 21.5. The molecule has 0 saturated heterocycles. The van der Waals surface area contributed by atoms with Gasteiger partial charge in [0.05, 0.1) is 0 Å². The molecule has 0 unspecified atom stereocenters. The molecule has 0 saturated carbocycles. The van der Waals surface area contributed by atoms with Crippen molar-refractivity contribution in [1.82, 2.24) is 0 Å². The molecule has 0 spiro atoms. The van der Waals surface area contributed by atoms with E-state index >= 15 is 0 Å². The first-order chi connectivity index (χ1) is 33.6. The van der Waals surface area contributed by atoms with Crippen molar-refractivity contribution in [2.75, 3.05) is 0 Å². The number of aryl methyl sites for hydroxylation is 4. The molecule has 3 rings (SSSR count). The van der Waals surface area contributed by atoms with Gasteiger partial charge in [-0.1, -0.05) is 234 Å². The second kappa shape index (κ2) is 45.6. The van der Waals surface area contributed by atoms with Gasteiger partial charge in [0.15, 0.2) is 0 Å². The summed E-state index contributed by atoms with van der Waals surface area (Å²) in [7, 11) is 0. The van der Waals surface area contributed by atoms with E-state index in [0.29, 0.717) is 0 Å². The largest absolute Gasteiger partial charge is 2.00 e. The molecule has 1 heterocycles. The molecule has 2 nitrogen and oxygen atoms in total. The van der Waals surface area contributed by atoms with E-state index in [1.807, 2.05) is 0 Å². The molecule has 0 atom stereocenters. The molecule has 2 aromatic rings. The summed E-state index contributed by atoms with van der Waals surface area (Å²) in [6.45, 7) is 30.4. The van der Waals surface area contributed by atoms with E-state index in [1.54, 1.807) is 4.70 Å². The Morgan fingerprint density at radius 3 is 0.886 bits per heavy atom. The van der Waals surface area contributed by atoms with Crippen LogP contribution >= 0.6 is 0 Å². The fourth-order valence-electron chi connectivity index (χ4n) is 10.6. The van der Waals surface area contributed by atoms with Crippen molar-refractivity contribution in [3.8, 4) is 0 Å². The number of unbranched alkanes of at least 4 members (excludes halogenated alkanes) is 31. The maximum Gasteiger partial charge on any atom is 2.00 e. The fraction of sp³-hybridized carbons (Fsp3) is 0.731. The van der Waals surface area contributed by atoms with Crippen molar-refractivity contribution in [2.45, 2.75) is 320 Å². The van der Waals surface area contributed by atoms with Crippen LogP contribution in [-0.4, -0.2) is 4.70 Å². The average molecular weight is 1010 g/mol. The van der Waals surface area contributed by atoms with Crippen LogP contribution in [0.4, 0.5) is 0 Å². The van der Waals surface area contributed by atoms with Crippen LogP contribution < -0.4 is 0 Å². The van der Waals surface area contributed by atoms with Gasteiger partial charge in [-0.05, 0) is 131 Å². The van der Waals surface area contributed by atoms with E-state index in [1.165, 1.54) is 256 Å². The molecule has 0 radical (unpaired) electrons. The van der Waals surface area contributed by atoms with Crippen LogP contribution in [0.2, 0.25) is 0 Å². The normalized spacial score (nSPS) is 12.3. The predicted octanol–water partition coefficient (Wildman–Crippen LogP) is 23.4. The fourth-order valence-corrected chi connectivity index (χ4v) is 10.6. The van der Waals surface area contributed by atoms with Crippen LogP contribution in [0, 0.1) is 41.5 Å². The number of nitrogens with zero attached hydrogens (tertiary/aromatic N) is 2. The van der Waals surface area contributed by atoms with E-state index in [2.05, 4.69) is 107 Å². The summed E-state index contributed by atoms with van der Waals surface area (Å²) >= 11 is 0. The minimum Gasteiger partial charge on any atom is -0.493 e. The van der Waals surface area contributed by atoms with Gasteiger partial charge in [0, 0.05) is 22.3 Å². The molecule has 3 heteroatoms. The van der Waals surface area contributed by atoms with Crippen molar-refractivity contribution in [1.29, 1.82) is 0 Å². The molecule has 0 fully saturated rings. The topological polar surface area (TPSA) is 25.3 Å². The minimum absolute atomic E-state index is 0. The van der Waals surface area contributed by atoms with Gasteiger partial charge in [0.2, 0.25) is 11.4 Å². The van der Waals surface area contributed by atoms with E-state index in [4.69, 9.17) is 0 Å². The molecule has 2 aromatic carbocycles. The Morgan fingerprint density at radius 2 is 0.586 bits per heavy atom. The molecular weight excluding hydrogens is 891 g/mol. The average Bonchev–Trinajstić information content (AvgIpc) is 3.58. The van der Waals surface area contributed by atoms with Crippen LogP contribution in [0.1, 0.15) is 324 Å². The monoisotopic (exact) mass is 1010 g/mol. The second-order valence-corrected chi connectivity index (χ2v) is 21.5. The van der Waals surface area contributed by atoms with Gasteiger partial charge in [0.1, 0.15) is 0 Å². The minimum atomic E-state index is 0. The third-order valence-electron chi connectivity index (χ3n) is 15.0. The third-order valence-corrected chi connectivity index (χ3v) is 15.0. The van der Waals surface area contributed by atoms with Gasteiger partial charge in [-0.15, -0.1) is 0 Å². The number of rotatable bonds is 39. The SMILES string of the molecule is CCCCCCCCc1c(C)cc(C2=C(C)C(CCCCCC)=C(c3cc(C)c(CCCCCCCC)c(C)c3)[N+]2=[N-])cc1C.[CH2-]CCCCCCCCCCC.[CH2-]CCCCCCCCCCC.[Ni+2]. The molecular formula is C67H116N2Ni. The number of benzene rings is 2. The van der Waals surface area contributed by atoms with Crippen LogP contribution in [-0.2, 0) is 29.3 Å². The molecule has 70 heavy (non-hydrogen) atoms. The summed E-state index contributed by atoms with van der Waals surface area (Å²) in [5.74, 6) is 0. The number of allylic oxidation sites excluding steroid dienone is 2. The van der Waals surface area contributed by atoms with Crippen molar-refractivity contribution in [3.63, 3.8) is 0 Å². The van der Waals surface area contributed by atoms with Gasteiger partial charge in [-0.2, -0.15) is 12.8 Å². The standard InChI is InChI=1S/C43H66N2.2C12H25.Ni/c1-9-12-15-18-20-23-25-39-32(4)28-37(29-33(39)5)42-36(8)41(27-22-17-14-11-3)43(45(42)44)38-30-34(6)40(35(7)31-38)26-24-21-19-16-13-10-2;2*1-3-5-7-9-11-12-10-8-6-4-2;/h28-31H,9-27H2,1-8H3;2*1,3-12H2,2H3;/q;2*-1;+2. The molecule has 1 aliphatic rings. The predicted molar refractivity (Wildman–Crippen MR) is 312 cm³/mol. The summed E-state index contributed by atoms with van der Waals surface area (Å²) in [6.07, 6.45) is 51.9. The molecule has 0 aliphatic carbocycles. The van der Waals surface area contributed by atoms with Crippen LogP contribution in [0.25, 0.3) is 16.9 Å². The maximum atomic E-state index is 12.0. The molecule has 1 aliphatic heterocycles. The molecule has 0 N–H and O–H groups in total. The first-order valence-electron chi connectivity index (χ1n) is 30.3. The third kappa shape index (κ3) is 29.0. The van der Waals surface area contributed by atoms with Crippen LogP contribution in [0.3, 0.4) is 0 Å². The zero-order valence-corrected chi connectivity index (χ0v) is 49.5. The molecule has 0 amide bonds. The Balaban J connectivity index is 0.00000156. The zero-order valence-electron chi connectivity index (χ0n) is 48.5. The smallest absolute Gasteiger partial charge is 0.493 e. The summed E-state index contributed by atoms with van der Waals surface area (Å²) in [5.41, 5.74) is 27.3. The van der Waals surface area contributed by atoms with E-state index < -0.39 is 0 Å². The summed E-state index contributed by atoms with van der Waals surface area (Å²) in [6, 6.07) is 9.36. The van der Waals surface area contributed by atoms with E-state index in [-0.39, 0.29) is 16.5 Å².